The van der Waals surface area contributed by atoms with Gasteiger partial charge in [0.05, 0.1) is 22.7 Å². The third-order valence-electron chi connectivity index (χ3n) is 4.98. The summed E-state index contributed by atoms with van der Waals surface area (Å²) in [5, 5.41) is 2.78. The Labute approximate surface area is 182 Å². The van der Waals surface area contributed by atoms with E-state index < -0.39 is 10.0 Å². The lowest BCUT2D eigenvalue weighted by molar-refractivity contribution is -0.114. The monoisotopic (exact) mass is 451 g/mol. The topological polar surface area (TPSA) is 79.0 Å². The second-order valence-electron chi connectivity index (χ2n) is 7.21. The summed E-state index contributed by atoms with van der Waals surface area (Å²) in [4.78, 5) is 13.6. The summed E-state index contributed by atoms with van der Waals surface area (Å²) in [6, 6.07) is 12.3. The highest BCUT2D eigenvalue weighted by Crippen LogP contribution is 2.27. The van der Waals surface area contributed by atoms with Crippen molar-refractivity contribution >= 4 is 33.2 Å². The van der Waals surface area contributed by atoms with Gasteiger partial charge in [0.25, 0.3) is 0 Å². The number of nitrogens with one attached hydrogen (secondary N) is 1. The molecule has 0 aliphatic carbocycles. The number of sulfonamides is 1. The SMILES string of the molecule is COc1cccc(CN2CCCN(S(=O)(=O)c3ccc(NC(C)=O)c(Cl)c3)CC2)c1. The number of methoxy groups -OCH3 is 1. The highest BCUT2D eigenvalue weighted by Gasteiger charge is 2.27. The van der Waals surface area contributed by atoms with Crippen molar-refractivity contribution in [2.24, 2.45) is 0 Å². The predicted octanol–water partition coefficient (Wildman–Crippen LogP) is 3.20. The quantitative estimate of drug-likeness (QED) is 0.729. The van der Waals surface area contributed by atoms with Crippen molar-refractivity contribution in [2.75, 3.05) is 38.6 Å². The molecule has 162 valence electrons. The zero-order valence-corrected chi connectivity index (χ0v) is 18.7. The first-order chi connectivity index (χ1) is 14.3. The average Bonchev–Trinajstić information content (AvgIpc) is 2.95. The molecule has 9 heteroatoms. The zero-order valence-electron chi connectivity index (χ0n) is 17.1. The van der Waals surface area contributed by atoms with Gasteiger partial charge >= 0.3 is 0 Å². The van der Waals surface area contributed by atoms with Gasteiger partial charge in [-0.1, -0.05) is 23.7 Å². The van der Waals surface area contributed by atoms with Crippen LogP contribution in [-0.4, -0.2) is 56.8 Å². The first-order valence-electron chi connectivity index (χ1n) is 9.72. The highest BCUT2D eigenvalue weighted by molar-refractivity contribution is 7.89. The Morgan fingerprint density at radius 2 is 1.93 bits per heavy atom. The van der Waals surface area contributed by atoms with Gasteiger partial charge in [0.2, 0.25) is 15.9 Å². The molecule has 0 radical (unpaired) electrons. The van der Waals surface area contributed by atoms with Crippen molar-refractivity contribution in [3.63, 3.8) is 0 Å². The molecule has 30 heavy (non-hydrogen) atoms. The molecule has 0 saturated carbocycles. The van der Waals surface area contributed by atoms with E-state index in [0.29, 0.717) is 25.3 Å². The molecule has 1 N–H and O–H groups in total. The van der Waals surface area contributed by atoms with Crippen molar-refractivity contribution in [3.05, 3.63) is 53.1 Å². The lowest BCUT2D eigenvalue weighted by atomic mass is 10.2. The molecule has 1 aliphatic rings. The summed E-state index contributed by atoms with van der Waals surface area (Å²) in [7, 11) is -2.03. The van der Waals surface area contributed by atoms with Crippen LogP contribution in [0.4, 0.5) is 5.69 Å². The smallest absolute Gasteiger partial charge is 0.243 e. The molecule has 0 bridgehead atoms. The van der Waals surface area contributed by atoms with Crippen LogP contribution < -0.4 is 10.1 Å². The molecule has 0 atom stereocenters. The molecule has 0 spiro atoms. The van der Waals surface area contributed by atoms with E-state index in [-0.39, 0.29) is 15.8 Å². The number of carbonyl (C=O) groups is 1. The van der Waals surface area contributed by atoms with Crippen LogP contribution in [0.2, 0.25) is 5.02 Å². The number of ether oxygens (including phenoxy) is 1. The highest BCUT2D eigenvalue weighted by atomic mass is 35.5. The summed E-state index contributed by atoms with van der Waals surface area (Å²) in [6.07, 6.45) is 0.737. The van der Waals surface area contributed by atoms with Crippen LogP contribution in [0.15, 0.2) is 47.4 Å². The molecular weight excluding hydrogens is 426 g/mol. The number of amides is 1. The van der Waals surface area contributed by atoms with E-state index in [1.54, 1.807) is 7.11 Å². The van der Waals surface area contributed by atoms with Crippen LogP contribution in [0.5, 0.6) is 5.75 Å². The van der Waals surface area contributed by atoms with E-state index in [4.69, 9.17) is 16.3 Å². The van der Waals surface area contributed by atoms with Crippen molar-refractivity contribution in [1.29, 1.82) is 0 Å². The average molecular weight is 452 g/mol. The summed E-state index contributed by atoms with van der Waals surface area (Å²) >= 11 is 6.17. The first kappa shape index (κ1) is 22.6. The minimum Gasteiger partial charge on any atom is -0.497 e. The molecule has 2 aromatic carbocycles. The van der Waals surface area contributed by atoms with Crippen molar-refractivity contribution in [3.8, 4) is 5.75 Å². The van der Waals surface area contributed by atoms with Crippen LogP contribution in [-0.2, 0) is 21.4 Å². The number of benzene rings is 2. The van der Waals surface area contributed by atoms with Gasteiger partial charge in [-0.25, -0.2) is 8.42 Å². The number of anilines is 1. The van der Waals surface area contributed by atoms with Crippen LogP contribution in [0, 0.1) is 0 Å². The van der Waals surface area contributed by atoms with Crippen molar-refractivity contribution < 1.29 is 17.9 Å². The molecule has 1 saturated heterocycles. The maximum atomic E-state index is 13.1. The first-order valence-corrected chi connectivity index (χ1v) is 11.5. The number of hydrogen-bond acceptors (Lipinski definition) is 5. The predicted molar refractivity (Wildman–Crippen MR) is 117 cm³/mol. The fourth-order valence-electron chi connectivity index (χ4n) is 3.47. The molecule has 7 nitrogen and oxygen atoms in total. The van der Waals surface area contributed by atoms with Crippen LogP contribution in [0.25, 0.3) is 0 Å². The van der Waals surface area contributed by atoms with E-state index in [0.717, 1.165) is 30.8 Å². The van der Waals surface area contributed by atoms with E-state index in [9.17, 15) is 13.2 Å². The van der Waals surface area contributed by atoms with Gasteiger partial charge in [-0.3, -0.25) is 9.69 Å². The number of halogens is 1. The zero-order chi connectivity index (χ0) is 21.7. The van der Waals surface area contributed by atoms with Crippen LogP contribution >= 0.6 is 11.6 Å². The van der Waals surface area contributed by atoms with Gasteiger partial charge < -0.3 is 10.1 Å². The molecule has 0 unspecified atom stereocenters. The normalized spacial score (nSPS) is 16.1. The summed E-state index contributed by atoms with van der Waals surface area (Å²) in [6.45, 7) is 4.40. The lowest BCUT2D eigenvalue weighted by Crippen LogP contribution is -2.35. The molecule has 1 aliphatic heterocycles. The number of carbonyl (C=O) groups excluding carboxylic acids is 1. The second-order valence-corrected chi connectivity index (χ2v) is 9.55. The third-order valence-corrected chi connectivity index (χ3v) is 7.18. The largest absolute Gasteiger partial charge is 0.497 e. The lowest BCUT2D eigenvalue weighted by Gasteiger charge is -2.22. The van der Waals surface area contributed by atoms with Gasteiger partial charge in [-0.2, -0.15) is 4.31 Å². The molecular formula is C21H26ClN3O4S. The fourth-order valence-corrected chi connectivity index (χ4v) is 5.26. The van der Waals surface area contributed by atoms with Gasteiger partial charge in [-0.15, -0.1) is 0 Å². The van der Waals surface area contributed by atoms with E-state index in [1.807, 2.05) is 24.3 Å². The van der Waals surface area contributed by atoms with Gasteiger partial charge in [0.15, 0.2) is 0 Å². The minimum absolute atomic E-state index is 0.128. The summed E-state index contributed by atoms with van der Waals surface area (Å²) < 4.78 is 33.0. The van der Waals surface area contributed by atoms with E-state index in [1.165, 1.54) is 29.4 Å². The van der Waals surface area contributed by atoms with Gasteiger partial charge in [-0.05, 0) is 48.9 Å². The second kappa shape index (κ2) is 9.78. The Morgan fingerprint density at radius 1 is 1.13 bits per heavy atom. The van der Waals surface area contributed by atoms with E-state index in [2.05, 4.69) is 10.2 Å². The van der Waals surface area contributed by atoms with E-state index >= 15 is 0 Å². The Kier molecular flexibility index (Phi) is 7.36. The maximum absolute atomic E-state index is 13.1. The number of hydrogen-bond donors (Lipinski definition) is 1. The Bertz CT molecular complexity index is 1010. The Morgan fingerprint density at radius 3 is 2.63 bits per heavy atom. The molecule has 1 amide bonds. The maximum Gasteiger partial charge on any atom is 0.243 e. The third kappa shape index (κ3) is 5.51. The molecule has 0 aromatic heterocycles. The van der Waals surface area contributed by atoms with Crippen molar-refractivity contribution in [1.82, 2.24) is 9.21 Å². The summed E-state index contributed by atoms with van der Waals surface area (Å²) in [5.74, 6) is 0.544. The standard InChI is InChI=1S/C21H26ClN3O4S/c1-16(26)23-21-8-7-19(14-20(21)22)30(27,28)25-10-4-9-24(11-12-25)15-17-5-3-6-18(13-17)29-2/h3,5-8,13-14H,4,9-12,15H2,1-2H3,(H,23,26). The minimum atomic E-state index is -3.67. The van der Waals surface area contributed by atoms with Gasteiger partial charge in [0.1, 0.15) is 5.75 Å². The fraction of sp³-hybridized carbons (Fsp3) is 0.381. The van der Waals surface area contributed by atoms with Crippen LogP contribution in [0.3, 0.4) is 0 Å². The number of rotatable bonds is 6. The molecule has 2 aromatic rings. The molecule has 3 rings (SSSR count). The van der Waals surface area contributed by atoms with Crippen LogP contribution in [0.1, 0.15) is 18.9 Å². The van der Waals surface area contributed by atoms with Crippen molar-refractivity contribution in [2.45, 2.75) is 24.8 Å². The molecule has 1 heterocycles. The molecule has 1 fully saturated rings. The Hall–Kier alpha value is -2.13. The van der Waals surface area contributed by atoms with Gasteiger partial charge in [0, 0.05) is 33.1 Å². The summed E-state index contributed by atoms with van der Waals surface area (Å²) in [5.41, 5.74) is 1.52. The Balaban J connectivity index is 1.69. The number of nitrogens with zero attached hydrogens (tertiary/aromatic N) is 2.